The number of anilines is 1. The minimum Gasteiger partial charge on any atom is -0.434 e. The van der Waals surface area contributed by atoms with Gasteiger partial charge in [0.25, 0.3) is 0 Å². The van der Waals surface area contributed by atoms with Crippen molar-refractivity contribution in [3.63, 3.8) is 0 Å². The summed E-state index contributed by atoms with van der Waals surface area (Å²) in [5.74, 6) is 1.81. The summed E-state index contributed by atoms with van der Waals surface area (Å²) in [7, 11) is 0. The van der Waals surface area contributed by atoms with Gasteiger partial charge in [-0.15, -0.1) is 24.0 Å². The van der Waals surface area contributed by atoms with Crippen LogP contribution in [0.4, 0.5) is 13.9 Å². The summed E-state index contributed by atoms with van der Waals surface area (Å²) >= 11 is 1.44. The molecule has 11 heteroatoms. The lowest BCUT2D eigenvalue weighted by Gasteiger charge is -2.36. The second kappa shape index (κ2) is 12.2. The molecule has 1 aromatic heterocycles. The van der Waals surface area contributed by atoms with E-state index in [1.165, 1.54) is 17.6 Å². The van der Waals surface area contributed by atoms with E-state index in [-0.39, 0.29) is 36.3 Å². The number of nitrogens with zero attached hydrogens (tertiary/aromatic N) is 5. The first kappa shape index (κ1) is 24.5. The lowest BCUT2D eigenvalue weighted by molar-refractivity contribution is -0.0504. The molecule has 166 valence electrons. The van der Waals surface area contributed by atoms with Gasteiger partial charge in [0.15, 0.2) is 5.96 Å². The lowest BCUT2D eigenvalue weighted by Crippen LogP contribution is -2.52. The number of halogens is 3. The molecule has 3 rings (SSSR count). The molecule has 0 bridgehead atoms. The highest BCUT2D eigenvalue weighted by Crippen LogP contribution is 2.22. The molecule has 0 radical (unpaired) electrons. The van der Waals surface area contributed by atoms with Gasteiger partial charge in [0.1, 0.15) is 11.6 Å². The monoisotopic (exact) mass is 552 g/mol. The van der Waals surface area contributed by atoms with Crippen LogP contribution in [0.25, 0.3) is 0 Å². The van der Waals surface area contributed by atoms with E-state index >= 15 is 0 Å². The average molecular weight is 552 g/mol. The van der Waals surface area contributed by atoms with E-state index in [1.54, 1.807) is 18.2 Å². The van der Waals surface area contributed by atoms with E-state index < -0.39 is 6.61 Å². The quantitative estimate of drug-likeness (QED) is 0.322. The van der Waals surface area contributed by atoms with Gasteiger partial charge in [0, 0.05) is 56.2 Å². The fourth-order valence-electron chi connectivity index (χ4n) is 3.06. The molecule has 1 aliphatic rings. The molecule has 30 heavy (non-hydrogen) atoms. The fourth-order valence-corrected chi connectivity index (χ4v) is 3.86. The largest absolute Gasteiger partial charge is 0.434 e. The van der Waals surface area contributed by atoms with Crippen LogP contribution in [-0.4, -0.2) is 59.6 Å². The molecule has 2 aromatic rings. The Bertz CT molecular complexity index is 814. The first-order valence-electron chi connectivity index (χ1n) is 9.74. The number of benzene rings is 1. The molecule has 1 fully saturated rings. The van der Waals surface area contributed by atoms with Crippen molar-refractivity contribution in [2.45, 2.75) is 33.4 Å². The van der Waals surface area contributed by atoms with Crippen LogP contribution in [0.2, 0.25) is 0 Å². The molecular weight excluding hydrogens is 525 g/mol. The molecule has 0 unspecified atom stereocenters. The number of piperazine rings is 1. The molecule has 1 aliphatic heterocycles. The van der Waals surface area contributed by atoms with Crippen LogP contribution in [0.15, 0.2) is 29.3 Å². The molecule has 0 aliphatic carbocycles. The van der Waals surface area contributed by atoms with Gasteiger partial charge in [0.05, 0.1) is 6.54 Å². The van der Waals surface area contributed by atoms with Gasteiger partial charge in [-0.05, 0) is 13.0 Å². The Morgan fingerprint density at radius 1 is 1.23 bits per heavy atom. The maximum absolute atomic E-state index is 12.6. The Labute approximate surface area is 196 Å². The van der Waals surface area contributed by atoms with Gasteiger partial charge in [-0.3, -0.25) is 0 Å². The minimum absolute atomic E-state index is 0. The summed E-state index contributed by atoms with van der Waals surface area (Å²) in [5.41, 5.74) is 0.628. The van der Waals surface area contributed by atoms with Gasteiger partial charge in [-0.1, -0.05) is 25.1 Å². The van der Waals surface area contributed by atoms with Crippen molar-refractivity contribution in [1.82, 2.24) is 19.6 Å². The fraction of sp³-hybridized carbons (Fsp3) is 0.526. The summed E-state index contributed by atoms with van der Waals surface area (Å²) in [4.78, 5) is 13.6. The van der Waals surface area contributed by atoms with Gasteiger partial charge in [0.2, 0.25) is 5.13 Å². The summed E-state index contributed by atoms with van der Waals surface area (Å²) in [6.07, 6.45) is 0.838. The molecule has 1 saturated heterocycles. The van der Waals surface area contributed by atoms with Crippen molar-refractivity contribution in [2.75, 3.05) is 37.6 Å². The zero-order valence-corrected chi connectivity index (χ0v) is 20.2. The minimum atomic E-state index is -2.85. The lowest BCUT2D eigenvalue weighted by atomic mass is 10.2. The third-order valence-electron chi connectivity index (χ3n) is 4.55. The molecule has 0 saturated carbocycles. The van der Waals surface area contributed by atoms with E-state index in [1.807, 2.05) is 13.8 Å². The molecule has 2 heterocycles. The molecule has 1 aromatic carbocycles. The van der Waals surface area contributed by atoms with Crippen molar-refractivity contribution in [3.8, 4) is 5.75 Å². The SMILES string of the molecule is CCNC(=NCc1ccccc1OC(F)F)N1CCN(c2nc(CC)ns2)CC1.I. The molecule has 0 atom stereocenters. The van der Waals surface area contributed by atoms with Crippen LogP contribution < -0.4 is 15.0 Å². The van der Waals surface area contributed by atoms with E-state index in [4.69, 9.17) is 0 Å². The van der Waals surface area contributed by atoms with E-state index in [0.717, 1.165) is 56.1 Å². The van der Waals surface area contributed by atoms with E-state index in [0.29, 0.717) is 5.56 Å². The number of alkyl halides is 2. The number of rotatable bonds is 7. The molecule has 0 amide bonds. The normalized spacial score (nSPS) is 14.6. The third-order valence-corrected chi connectivity index (χ3v) is 5.36. The Morgan fingerprint density at radius 3 is 2.60 bits per heavy atom. The number of hydrogen-bond donors (Lipinski definition) is 1. The van der Waals surface area contributed by atoms with Crippen LogP contribution in [-0.2, 0) is 13.0 Å². The Morgan fingerprint density at radius 2 is 1.97 bits per heavy atom. The van der Waals surface area contributed by atoms with Crippen molar-refractivity contribution < 1.29 is 13.5 Å². The van der Waals surface area contributed by atoms with Gasteiger partial charge < -0.3 is 19.9 Å². The average Bonchev–Trinajstić information content (AvgIpc) is 3.21. The number of aliphatic imine (C=N–C) groups is 1. The number of aromatic nitrogens is 2. The van der Waals surface area contributed by atoms with Crippen LogP contribution in [0.1, 0.15) is 25.2 Å². The summed E-state index contributed by atoms with van der Waals surface area (Å²) in [6.45, 7) is 5.44. The van der Waals surface area contributed by atoms with Gasteiger partial charge >= 0.3 is 6.61 Å². The van der Waals surface area contributed by atoms with Crippen molar-refractivity contribution in [2.24, 2.45) is 4.99 Å². The molecule has 7 nitrogen and oxygen atoms in total. The highest BCUT2D eigenvalue weighted by Gasteiger charge is 2.22. The highest BCUT2D eigenvalue weighted by molar-refractivity contribution is 14.0. The van der Waals surface area contributed by atoms with Crippen LogP contribution in [0, 0.1) is 0 Å². The summed E-state index contributed by atoms with van der Waals surface area (Å²) < 4.78 is 34.2. The second-order valence-electron chi connectivity index (χ2n) is 6.48. The van der Waals surface area contributed by atoms with Crippen LogP contribution in [0.3, 0.4) is 0 Å². The first-order chi connectivity index (χ1) is 14.1. The Hall–Kier alpha value is -1.76. The summed E-state index contributed by atoms with van der Waals surface area (Å²) in [5, 5.41) is 4.25. The number of nitrogens with one attached hydrogen (secondary N) is 1. The number of guanidine groups is 1. The number of para-hydroxylation sites is 1. The molecular formula is C19H27F2IN6OS. The van der Waals surface area contributed by atoms with Crippen molar-refractivity contribution in [3.05, 3.63) is 35.7 Å². The number of ether oxygens (including phenoxy) is 1. The third kappa shape index (κ3) is 6.62. The van der Waals surface area contributed by atoms with E-state index in [9.17, 15) is 8.78 Å². The van der Waals surface area contributed by atoms with Crippen LogP contribution >= 0.6 is 35.5 Å². The second-order valence-corrected chi connectivity index (χ2v) is 7.21. The molecule has 1 N–H and O–H groups in total. The van der Waals surface area contributed by atoms with Gasteiger partial charge in [-0.25, -0.2) is 9.98 Å². The zero-order valence-electron chi connectivity index (χ0n) is 17.1. The highest BCUT2D eigenvalue weighted by atomic mass is 127. The maximum Gasteiger partial charge on any atom is 0.387 e. The summed E-state index contributed by atoms with van der Waals surface area (Å²) in [6, 6.07) is 6.76. The number of aryl methyl sites for hydroxylation is 1. The Balaban J connectivity index is 0.00000320. The van der Waals surface area contributed by atoms with E-state index in [2.05, 4.69) is 34.2 Å². The first-order valence-corrected chi connectivity index (χ1v) is 10.5. The van der Waals surface area contributed by atoms with Crippen molar-refractivity contribution in [1.29, 1.82) is 0 Å². The zero-order chi connectivity index (χ0) is 20.6. The Kier molecular flexibility index (Phi) is 9.95. The topological polar surface area (TPSA) is 65.9 Å². The van der Waals surface area contributed by atoms with Crippen LogP contribution in [0.5, 0.6) is 5.75 Å². The molecule has 0 spiro atoms. The predicted molar refractivity (Wildman–Crippen MR) is 126 cm³/mol. The predicted octanol–water partition coefficient (Wildman–Crippen LogP) is 3.61. The smallest absolute Gasteiger partial charge is 0.387 e. The van der Waals surface area contributed by atoms with Crippen molar-refractivity contribution >= 4 is 46.6 Å². The standard InChI is InChI=1S/C19H26F2N6OS.HI/c1-3-16-24-19(29-25-16)27-11-9-26(10-12-27)18(22-4-2)23-13-14-7-5-6-8-15(14)28-17(20)21;/h5-8,17H,3-4,9-13H2,1-2H3,(H,22,23);1H. The number of hydrogen-bond acceptors (Lipinski definition) is 6. The maximum atomic E-state index is 12.6. The van der Waals surface area contributed by atoms with Gasteiger partial charge in [-0.2, -0.15) is 13.2 Å².